The standard InChI is InChI=1S/C16H17ClF3N3/c1-23(15-4-2-3-7-22-15)9-8-21-11-12-5-6-13(14(17)10-12)16(18,19)20/h2-7,10,21H,8-9,11H2,1H3. The minimum absolute atomic E-state index is 0.276. The number of anilines is 1. The molecule has 0 saturated heterocycles. The van der Waals surface area contributed by atoms with E-state index in [1.807, 2.05) is 30.1 Å². The molecule has 0 saturated carbocycles. The Labute approximate surface area is 138 Å². The lowest BCUT2D eigenvalue weighted by Gasteiger charge is -2.18. The highest BCUT2D eigenvalue weighted by molar-refractivity contribution is 6.31. The normalized spacial score (nSPS) is 11.5. The van der Waals surface area contributed by atoms with Crippen LogP contribution < -0.4 is 10.2 Å². The van der Waals surface area contributed by atoms with E-state index in [0.29, 0.717) is 18.7 Å². The van der Waals surface area contributed by atoms with Crippen molar-refractivity contribution in [3.63, 3.8) is 0 Å². The minimum atomic E-state index is -4.42. The fourth-order valence-corrected chi connectivity index (χ4v) is 2.38. The van der Waals surface area contributed by atoms with Gasteiger partial charge < -0.3 is 10.2 Å². The van der Waals surface area contributed by atoms with Crippen LogP contribution in [-0.4, -0.2) is 25.1 Å². The van der Waals surface area contributed by atoms with Crippen molar-refractivity contribution in [2.45, 2.75) is 12.7 Å². The Hall–Kier alpha value is -1.79. The second kappa shape index (κ2) is 7.66. The Kier molecular flexibility index (Phi) is 5.85. The fourth-order valence-electron chi connectivity index (χ4n) is 2.07. The first-order valence-electron chi connectivity index (χ1n) is 7.06. The van der Waals surface area contributed by atoms with Gasteiger partial charge in [0.2, 0.25) is 0 Å². The van der Waals surface area contributed by atoms with Gasteiger partial charge in [-0.05, 0) is 29.8 Å². The molecule has 0 atom stereocenters. The lowest BCUT2D eigenvalue weighted by atomic mass is 10.1. The first-order chi connectivity index (χ1) is 10.9. The van der Waals surface area contributed by atoms with Crippen LogP contribution in [0.1, 0.15) is 11.1 Å². The Balaban J connectivity index is 1.82. The zero-order valence-corrected chi connectivity index (χ0v) is 13.3. The van der Waals surface area contributed by atoms with Crippen molar-refractivity contribution in [3.05, 3.63) is 58.7 Å². The summed E-state index contributed by atoms with van der Waals surface area (Å²) in [6.07, 6.45) is -2.70. The average Bonchev–Trinajstić information content (AvgIpc) is 2.51. The quantitative estimate of drug-likeness (QED) is 0.804. The van der Waals surface area contributed by atoms with Gasteiger partial charge in [-0.3, -0.25) is 0 Å². The zero-order valence-electron chi connectivity index (χ0n) is 12.6. The van der Waals surface area contributed by atoms with Gasteiger partial charge in [-0.1, -0.05) is 23.7 Å². The fraction of sp³-hybridized carbons (Fsp3) is 0.312. The molecule has 0 aliphatic rings. The van der Waals surface area contributed by atoms with Crippen LogP contribution in [0.2, 0.25) is 5.02 Å². The number of benzene rings is 1. The Morgan fingerprint density at radius 3 is 2.61 bits per heavy atom. The van der Waals surface area contributed by atoms with Crippen LogP contribution in [0.4, 0.5) is 19.0 Å². The highest BCUT2D eigenvalue weighted by Crippen LogP contribution is 2.34. The number of rotatable bonds is 6. The number of halogens is 4. The third kappa shape index (κ3) is 5.11. The van der Waals surface area contributed by atoms with Gasteiger partial charge in [0, 0.05) is 32.9 Å². The molecule has 7 heteroatoms. The average molecular weight is 344 g/mol. The summed E-state index contributed by atoms with van der Waals surface area (Å²) in [6, 6.07) is 9.47. The number of nitrogens with one attached hydrogen (secondary N) is 1. The number of hydrogen-bond donors (Lipinski definition) is 1. The van der Waals surface area contributed by atoms with E-state index in [9.17, 15) is 13.2 Å². The molecule has 1 heterocycles. The van der Waals surface area contributed by atoms with E-state index in [1.165, 1.54) is 12.1 Å². The Morgan fingerprint density at radius 2 is 2.00 bits per heavy atom. The molecule has 0 bridgehead atoms. The first-order valence-corrected chi connectivity index (χ1v) is 7.44. The molecule has 1 aromatic heterocycles. The van der Waals surface area contributed by atoms with Gasteiger partial charge in [-0.2, -0.15) is 13.2 Å². The van der Waals surface area contributed by atoms with Gasteiger partial charge >= 0.3 is 6.18 Å². The van der Waals surface area contributed by atoms with Gasteiger partial charge in [-0.25, -0.2) is 4.98 Å². The molecule has 0 unspecified atom stereocenters. The number of hydrogen-bond acceptors (Lipinski definition) is 3. The van der Waals surface area contributed by atoms with Crippen molar-refractivity contribution in [2.24, 2.45) is 0 Å². The van der Waals surface area contributed by atoms with Crippen molar-refractivity contribution in [1.82, 2.24) is 10.3 Å². The zero-order chi connectivity index (χ0) is 16.9. The summed E-state index contributed by atoms with van der Waals surface area (Å²) in [5.74, 6) is 0.867. The first kappa shape index (κ1) is 17.6. The Morgan fingerprint density at radius 1 is 1.22 bits per heavy atom. The summed E-state index contributed by atoms with van der Waals surface area (Å²) in [7, 11) is 1.93. The Bertz CT molecular complexity index is 632. The molecular weight excluding hydrogens is 327 g/mol. The molecular formula is C16H17ClF3N3. The summed E-state index contributed by atoms with van der Waals surface area (Å²) in [6.45, 7) is 1.85. The van der Waals surface area contributed by atoms with E-state index < -0.39 is 11.7 Å². The van der Waals surface area contributed by atoms with Crippen LogP contribution in [-0.2, 0) is 12.7 Å². The predicted molar refractivity (Wildman–Crippen MR) is 85.7 cm³/mol. The third-order valence-electron chi connectivity index (χ3n) is 3.33. The maximum atomic E-state index is 12.6. The molecule has 23 heavy (non-hydrogen) atoms. The molecule has 1 aromatic carbocycles. The molecule has 3 nitrogen and oxygen atoms in total. The maximum absolute atomic E-state index is 12.6. The molecule has 124 valence electrons. The van der Waals surface area contributed by atoms with Gasteiger partial charge in [0.15, 0.2) is 0 Å². The molecule has 0 aliphatic heterocycles. The van der Waals surface area contributed by atoms with Crippen LogP contribution in [0.5, 0.6) is 0 Å². The second-order valence-corrected chi connectivity index (χ2v) is 5.51. The van der Waals surface area contributed by atoms with Gasteiger partial charge in [0.25, 0.3) is 0 Å². The lowest BCUT2D eigenvalue weighted by Crippen LogP contribution is -2.29. The largest absolute Gasteiger partial charge is 0.417 e. The van der Waals surface area contributed by atoms with Gasteiger partial charge in [0.05, 0.1) is 10.6 Å². The van der Waals surface area contributed by atoms with E-state index in [4.69, 9.17) is 11.6 Å². The topological polar surface area (TPSA) is 28.2 Å². The molecule has 2 aromatic rings. The molecule has 0 amide bonds. The molecule has 0 fully saturated rings. The van der Waals surface area contributed by atoms with Crippen molar-refractivity contribution in [1.29, 1.82) is 0 Å². The number of pyridine rings is 1. The summed E-state index contributed by atoms with van der Waals surface area (Å²) in [5.41, 5.74) is -0.0960. The summed E-state index contributed by atoms with van der Waals surface area (Å²) in [5, 5.41) is 2.90. The van der Waals surface area contributed by atoms with Crippen molar-refractivity contribution in [2.75, 3.05) is 25.0 Å². The van der Waals surface area contributed by atoms with Gasteiger partial charge in [-0.15, -0.1) is 0 Å². The van der Waals surface area contributed by atoms with Crippen LogP contribution in [0.3, 0.4) is 0 Å². The maximum Gasteiger partial charge on any atom is 0.417 e. The summed E-state index contributed by atoms with van der Waals surface area (Å²) in [4.78, 5) is 6.23. The smallest absolute Gasteiger partial charge is 0.358 e. The number of aromatic nitrogens is 1. The molecule has 2 rings (SSSR count). The van der Waals surface area contributed by atoms with E-state index >= 15 is 0 Å². The van der Waals surface area contributed by atoms with Crippen LogP contribution in [0, 0.1) is 0 Å². The summed E-state index contributed by atoms with van der Waals surface area (Å²) >= 11 is 5.69. The van der Waals surface area contributed by atoms with Crippen LogP contribution in [0.15, 0.2) is 42.6 Å². The van der Waals surface area contributed by atoms with Crippen LogP contribution >= 0.6 is 11.6 Å². The minimum Gasteiger partial charge on any atom is -0.358 e. The van der Waals surface area contributed by atoms with E-state index in [0.717, 1.165) is 18.4 Å². The lowest BCUT2D eigenvalue weighted by molar-refractivity contribution is -0.137. The van der Waals surface area contributed by atoms with Crippen molar-refractivity contribution in [3.8, 4) is 0 Å². The third-order valence-corrected chi connectivity index (χ3v) is 3.65. The predicted octanol–water partition coefficient (Wildman–Crippen LogP) is 3.98. The van der Waals surface area contributed by atoms with Crippen molar-refractivity contribution < 1.29 is 13.2 Å². The van der Waals surface area contributed by atoms with E-state index in [2.05, 4.69) is 10.3 Å². The highest BCUT2D eigenvalue weighted by Gasteiger charge is 2.32. The van der Waals surface area contributed by atoms with Crippen molar-refractivity contribution >= 4 is 17.4 Å². The highest BCUT2D eigenvalue weighted by atomic mass is 35.5. The molecule has 0 radical (unpaired) electrons. The molecule has 0 spiro atoms. The number of alkyl halides is 3. The summed E-state index contributed by atoms with van der Waals surface area (Å²) < 4.78 is 37.9. The SMILES string of the molecule is CN(CCNCc1ccc(C(F)(F)F)c(Cl)c1)c1ccccn1. The molecule has 1 N–H and O–H groups in total. The van der Waals surface area contributed by atoms with Gasteiger partial charge in [0.1, 0.15) is 5.82 Å². The van der Waals surface area contributed by atoms with Crippen LogP contribution in [0.25, 0.3) is 0 Å². The molecule has 0 aliphatic carbocycles. The monoisotopic (exact) mass is 343 g/mol. The van der Waals surface area contributed by atoms with E-state index in [1.54, 1.807) is 6.20 Å². The number of likely N-dealkylation sites (N-methyl/N-ethyl adjacent to an activating group) is 1. The number of nitrogens with zero attached hydrogens (tertiary/aromatic N) is 2. The van der Waals surface area contributed by atoms with E-state index in [-0.39, 0.29) is 5.02 Å². The second-order valence-electron chi connectivity index (χ2n) is 5.10.